The predicted molar refractivity (Wildman–Crippen MR) is 110 cm³/mol. The van der Waals surface area contributed by atoms with Gasteiger partial charge in [0.1, 0.15) is 12.4 Å². The van der Waals surface area contributed by atoms with Crippen molar-refractivity contribution in [3.05, 3.63) is 78.4 Å². The molecule has 0 heterocycles. The van der Waals surface area contributed by atoms with Crippen LogP contribution in [0.4, 0.5) is 0 Å². The lowest BCUT2D eigenvalue weighted by Gasteiger charge is -2.18. The topological polar surface area (TPSA) is 58.6 Å². The normalized spacial score (nSPS) is 10.5. The largest absolute Gasteiger partial charge is 0.492 e. The number of hydrogen-bond acceptors (Lipinski definition) is 3. The Bertz CT molecular complexity index is 935. The van der Waals surface area contributed by atoms with Gasteiger partial charge in [-0.15, -0.1) is 0 Å². The van der Waals surface area contributed by atoms with Crippen molar-refractivity contribution in [3.8, 4) is 5.75 Å². The van der Waals surface area contributed by atoms with Gasteiger partial charge in [-0.25, -0.2) is 0 Å². The standard InChI is InChI=1S/C23H24N2O3/c1-25(14-15-28-20-11-3-2-4-12-20)23(27)17-24-22(26)16-19-10-7-9-18-8-5-6-13-21(18)19/h2-13H,14-17H2,1H3,(H,24,26). The third kappa shape index (κ3) is 5.33. The van der Waals surface area contributed by atoms with E-state index in [1.807, 2.05) is 72.8 Å². The maximum atomic E-state index is 12.3. The minimum Gasteiger partial charge on any atom is -0.492 e. The lowest BCUT2D eigenvalue weighted by molar-refractivity contribution is -0.131. The molecular formula is C23H24N2O3. The molecule has 3 aromatic carbocycles. The van der Waals surface area contributed by atoms with Gasteiger partial charge in [0.05, 0.1) is 19.5 Å². The maximum absolute atomic E-state index is 12.3. The smallest absolute Gasteiger partial charge is 0.241 e. The molecule has 0 fully saturated rings. The SMILES string of the molecule is CN(CCOc1ccccc1)C(=O)CNC(=O)Cc1cccc2ccccc12. The molecule has 0 spiro atoms. The molecule has 0 aliphatic heterocycles. The van der Waals surface area contributed by atoms with Gasteiger partial charge < -0.3 is 15.0 Å². The average Bonchev–Trinajstić information content (AvgIpc) is 2.73. The zero-order valence-corrected chi connectivity index (χ0v) is 15.9. The zero-order valence-electron chi connectivity index (χ0n) is 15.9. The Labute approximate surface area is 164 Å². The van der Waals surface area contributed by atoms with Gasteiger partial charge in [0.2, 0.25) is 11.8 Å². The molecule has 0 aromatic heterocycles. The van der Waals surface area contributed by atoms with Crippen LogP contribution in [0.2, 0.25) is 0 Å². The summed E-state index contributed by atoms with van der Waals surface area (Å²) in [6.07, 6.45) is 0.246. The van der Waals surface area contributed by atoms with Gasteiger partial charge in [-0.05, 0) is 28.5 Å². The molecule has 0 unspecified atom stereocenters. The van der Waals surface area contributed by atoms with Crippen molar-refractivity contribution in [3.63, 3.8) is 0 Å². The highest BCUT2D eigenvalue weighted by Gasteiger charge is 2.12. The highest BCUT2D eigenvalue weighted by molar-refractivity contribution is 5.91. The summed E-state index contributed by atoms with van der Waals surface area (Å²) in [7, 11) is 1.70. The molecule has 3 aromatic rings. The van der Waals surface area contributed by atoms with E-state index >= 15 is 0 Å². The van der Waals surface area contributed by atoms with E-state index in [1.54, 1.807) is 11.9 Å². The van der Waals surface area contributed by atoms with Crippen LogP contribution in [0.3, 0.4) is 0 Å². The van der Waals surface area contributed by atoms with Crippen LogP contribution in [-0.2, 0) is 16.0 Å². The van der Waals surface area contributed by atoms with Crippen molar-refractivity contribution >= 4 is 22.6 Å². The number of carbonyl (C=O) groups is 2. The molecule has 3 rings (SSSR count). The first-order valence-corrected chi connectivity index (χ1v) is 9.28. The van der Waals surface area contributed by atoms with Crippen molar-refractivity contribution in [2.75, 3.05) is 26.7 Å². The molecule has 1 N–H and O–H groups in total. The predicted octanol–water partition coefficient (Wildman–Crippen LogP) is 3.04. The number of rotatable bonds is 8. The summed E-state index contributed by atoms with van der Waals surface area (Å²) in [5.74, 6) is 0.452. The van der Waals surface area contributed by atoms with E-state index < -0.39 is 0 Å². The minimum absolute atomic E-state index is 0.0224. The fourth-order valence-corrected chi connectivity index (χ4v) is 2.93. The first-order valence-electron chi connectivity index (χ1n) is 9.28. The molecule has 0 aliphatic carbocycles. The van der Waals surface area contributed by atoms with Gasteiger partial charge in [0.25, 0.3) is 0 Å². The van der Waals surface area contributed by atoms with Gasteiger partial charge in [0, 0.05) is 7.05 Å². The molecule has 28 heavy (non-hydrogen) atoms. The number of amides is 2. The van der Waals surface area contributed by atoms with Crippen LogP contribution in [0.25, 0.3) is 10.8 Å². The number of ether oxygens (including phenoxy) is 1. The molecule has 0 saturated heterocycles. The molecular weight excluding hydrogens is 352 g/mol. The Morgan fingerprint density at radius 2 is 1.64 bits per heavy atom. The number of hydrogen-bond donors (Lipinski definition) is 1. The van der Waals surface area contributed by atoms with E-state index in [4.69, 9.17) is 4.74 Å². The Morgan fingerprint density at radius 3 is 2.46 bits per heavy atom. The number of fused-ring (bicyclic) bond motifs is 1. The van der Waals surface area contributed by atoms with Gasteiger partial charge in [-0.3, -0.25) is 9.59 Å². The van der Waals surface area contributed by atoms with Crippen LogP contribution in [0, 0.1) is 0 Å². The van der Waals surface area contributed by atoms with E-state index in [0.29, 0.717) is 13.2 Å². The van der Waals surface area contributed by atoms with E-state index in [-0.39, 0.29) is 24.8 Å². The van der Waals surface area contributed by atoms with Crippen LogP contribution < -0.4 is 10.1 Å². The van der Waals surface area contributed by atoms with E-state index in [9.17, 15) is 9.59 Å². The van der Waals surface area contributed by atoms with Crippen molar-refractivity contribution in [2.45, 2.75) is 6.42 Å². The van der Waals surface area contributed by atoms with Gasteiger partial charge in [0.15, 0.2) is 0 Å². The lowest BCUT2D eigenvalue weighted by atomic mass is 10.0. The molecule has 144 valence electrons. The van der Waals surface area contributed by atoms with Crippen LogP contribution in [0.5, 0.6) is 5.75 Å². The van der Waals surface area contributed by atoms with E-state index in [0.717, 1.165) is 22.1 Å². The minimum atomic E-state index is -0.168. The second-order valence-electron chi connectivity index (χ2n) is 6.57. The third-order valence-corrected chi connectivity index (χ3v) is 4.53. The summed E-state index contributed by atoms with van der Waals surface area (Å²) in [5.41, 5.74) is 0.952. The van der Waals surface area contributed by atoms with E-state index in [2.05, 4.69) is 5.32 Å². The fraction of sp³-hybridized carbons (Fsp3) is 0.217. The monoisotopic (exact) mass is 376 g/mol. The van der Waals surface area contributed by atoms with Crippen molar-refractivity contribution in [1.29, 1.82) is 0 Å². The molecule has 0 radical (unpaired) electrons. The van der Waals surface area contributed by atoms with Gasteiger partial charge >= 0.3 is 0 Å². The quantitative estimate of drug-likeness (QED) is 0.657. The number of nitrogens with one attached hydrogen (secondary N) is 1. The molecule has 2 amide bonds. The number of para-hydroxylation sites is 1. The van der Waals surface area contributed by atoms with Crippen LogP contribution in [-0.4, -0.2) is 43.5 Å². The van der Waals surface area contributed by atoms with Crippen LogP contribution >= 0.6 is 0 Å². The molecule has 5 heteroatoms. The van der Waals surface area contributed by atoms with E-state index in [1.165, 1.54) is 0 Å². The third-order valence-electron chi connectivity index (χ3n) is 4.53. The van der Waals surface area contributed by atoms with Crippen LogP contribution in [0.15, 0.2) is 72.8 Å². The Balaban J connectivity index is 1.44. The molecule has 0 saturated carbocycles. The second-order valence-corrected chi connectivity index (χ2v) is 6.57. The molecule has 5 nitrogen and oxygen atoms in total. The average molecular weight is 376 g/mol. The summed E-state index contributed by atoms with van der Waals surface area (Å²) >= 11 is 0. The fourth-order valence-electron chi connectivity index (χ4n) is 2.93. The van der Waals surface area contributed by atoms with Gasteiger partial charge in [-0.1, -0.05) is 60.7 Å². The summed E-state index contributed by atoms with van der Waals surface area (Å²) in [6, 6.07) is 23.3. The van der Waals surface area contributed by atoms with Crippen molar-refractivity contribution in [2.24, 2.45) is 0 Å². The first kappa shape index (κ1) is 19.4. The summed E-state index contributed by atoms with van der Waals surface area (Å²) in [5, 5.41) is 4.87. The molecule has 0 bridgehead atoms. The first-order chi connectivity index (χ1) is 13.6. The van der Waals surface area contributed by atoms with Crippen molar-refractivity contribution in [1.82, 2.24) is 10.2 Å². The van der Waals surface area contributed by atoms with Crippen LogP contribution in [0.1, 0.15) is 5.56 Å². The zero-order chi connectivity index (χ0) is 19.8. The Kier molecular flexibility index (Phi) is 6.63. The molecule has 0 atom stereocenters. The summed E-state index contributed by atoms with van der Waals surface area (Å²) in [6.45, 7) is 0.828. The number of benzene rings is 3. The highest BCUT2D eigenvalue weighted by atomic mass is 16.5. The highest BCUT2D eigenvalue weighted by Crippen LogP contribution is 2.18. The van der Waals surface area contributed by atoms with Gasteiger partial charge in [-0.2, -0.15) is 0 Å². The summed E-state index contributed by atoms with van der Waals surface area (Å²) in [4.78, 5) is 26.0. The summed E-state index contributed by atoms with van der Waals surface area (Å²) < 4.78 is 5.59. The second kappa shape index (κ2) is 9.55. The van der Waals surface area contributed by atoms with Crippen molar-refractivity contribution < 1.29 is 14.3 Å². The number of likely N-dealkylation sites (N-methyl/N-ethyl adjacent to an activating group) is 1. The maximum Gasteiger partial charge on any atom is 0.241 e. The molecule has 0 aliphatic rings. The number of nitrogens with zero attached hydrogens (tertiary/aromatic N) is 1. The number of carbonyl (C=O) groups excluding carboxylic acids is 2. The Hall–Kier alpha value is -3.34. The lowest BCUT2D eigenvalue weighted by Crippen LogP contribution is -2.40. The Morgan fingerprint density at radius 1 is 0.929 bits per heavy atom.